The van der Waals surface area contributed by atoms with Crippen molar-refractivity contribution in [2.45, 2.75) is 27.0 Å². The summed E-state index contributed by atoms with van der Waals surface area (Å²) in [6, 6.07) is 6.96. The van der Waals surface area contributed by atoms with Gasteiger partial charge in [0.2, 0.25) is 0 Å². The van der Waals surface area contributed by atoms with Crippen LogP contribution in [0.1, 0.15) is 23.9 Å². The van der Waals surface area contributed by atoms with Gasteiger partial charge in [0.25, 0.3) is 0 Å². The zero-order chi connectivity index (χ0) is 14.7. The lowest BCUT2D eigenvalue weighted by Crippen LogP contribution is -2.07. The lowest BCUT2D eigenvalue weighted by molar-refractivity contribution is 0.294. The number of ether oxygens (including phenoxy) is 1. The number of nitrogen functional groups attached to an aromatic ring is 1. The molecule has 20 heavy (non-hydrogen) atoms. The highest BCUT2D eigenvalue weighted by atomic mass is 35.5. The zero-order valence-electron chi connectivity index (χ0n) is 11.4. The Balaban J connectivity index is 2.19. The van der Waals surface area contributed by atoms with Crippen molar-refractivity contribution in [2.24, 2.45) is 0 Å². The van der Waals surface area contributed by atoms with Crippen molar-refractivity contribution >= 4 is 17.3 Å². The van der Waals surface area contributed by atoms with Gasteiger partial charge in [0.05, 0.1) is 33.7 Å². The van der Waals surface area contributed by atoms with Gasteiger partial charge in [-0.3, -0.25) is 4.68 Å². The fourth-order valence-electron chi connectivity index (χ4n) is 1.90. The number of hydrogen-bond acceptors (Lipinski definition) is 4. The zero-order valence-corrected chi connectivity index (χ0v) is 12.1. The van der Waals surface area contributed by atoms with Crippen molar-refractivity contribution in [3.63, 3.8) is 0 Å². The van der Waals surface area contributed by atoms with E-state index in [2.05, 4.69) is 5.10 Å². The molecule has 1 heterocycles. The number of nitriles is 1. The van der Waals surface area contributed by atoms with E-state index in [0.29, 0.717) is 22.0 Å². The number of nitrogens with two attached hydrogens (primary N) is 1. The molecule has 0 unspecified atom stereocenters. The molecule has 0 spiro atoms. The molecule has 0 bridgehead atoms. The summed E-state index contributed by atoms with van der Waals surface area (Å²) in [7, 11) is 0. The fourth-order valence-corrected chi connectivity index (χ4v) is 2.09. The first kappa shape index (κ1) is 14.2. The van der Waals surface area contributed by atoms with Gasteiger partial charge in [-0.2, -0.15) is 10.4 Å². The van der Waals surface area contributed by atoms with Gasteiger partial charge in [-0.1, -0.05) is 11.6 Å². The number of aryl methyl sites for hydroxylation is 2. The molecule has 1 aromatic heterocycles. The first-order valence-electron chi connectivity index (χ1n) is 6.21. The van der Waals surface area contributed by atoms with E-state index in [9.17, 15) is 0 Å². The van der Waals surface area contributed by atoms with Gasteiger partial charge in [-0.15, -0.1) is 0 Å². The molecule has 2 aromatic rings. The van der Waals surface area contributed by atoms with Crippen LogP contribution in [-0.2, 0) is 13.2 Å². The summed E-state index contributed by atoms with van der Waals surface area (Å²) in [5.74, 6) is 0.529. The SMILES string of the molecule is CCn1nc(C)c(Cl)c1COc1ccc(C#N)cc1N. The van der Waals surface area contributed by atoms with E-state index >= 15 is 0 Å². The van der Waals surface area contributed by atoms with Gasteiger partial charge >= 0.3 is 0 Å². The van der Waals surface area contributed by atoms with Crippen LogP contribution in [0, 0.1) is 18.3 Å². The Hall–Kier alpha value is -2.19. The number of hydrogen-bond donors (Lipinski definition) is 1. The van der Waals surface area contributed by atoms with Crippen LogP contribution in [0.25, 0.3) is 0 Å². The standard InChI is InChI=1S/C14H15ClN4O/c1-3-19-12(14(15)9(2)18-19)8-20-13-5-4-10(7-16)6-11(13)17/h4-6H,3,8,17H2,1-2H3. The van der Waals surface area contributed by atoms with E-state index in [1.165, 1.54) is 0 Å². The van der Waals surface area contributed by atoms with Gasteiger partial charge < -0.3 is 10.5 Å². The topological polar surface area (TPSA) is 76.9 Å². The number of rotatable bonds is 4. The van der Waals surface area contributed by atoms with Crippen molar-refractivity contribution in [1.82, 2.24) is 9.78 Å². The Morgan fingerprint density at radius 3 is 2.85 bits per heavy atom. The Morgan fingerprint density at radius 2 is 2.25 bits per heavy atom. The summed E-state index contributed by atoms with van der Waals surface area (Å²) in [4.78, 5) is 0. The largest absolute Gasteiger partial charge is 0.485 e. The molecule has 1 aromatic carbocycles. The maximum atomic E-state index is 8.79. The number of nitrogens with zero attached hydrogens (tertiary/aromatic N) is 3. The fraction of sp³-hybridized carbons (Fsp3) is 0.286. The Labute approximate surface area is 122 Å². The third-order valence-electron chi connectivity index (χ3n) is 2.96. The van der Waals surface area contributed by atoms with E-state index in [4.69, 9.17) is 27.3 Å². The predicted octanol–water partition coefficient (Wildman–Crippen LogP) is 2.90. The lowest BCUT2D eigenvalue weighted by atomic mass is 10.2. The van der Waals surface area contributed by atoms with Crippen LogP contribution < -0.4 is 10.5 Å². The summed E-state index contributed by atoms with van der Waals surface area (Å²) >= 11 is 6.21. The van der Waals surface area contributed by atoms with Crippen LogP contribution in [0.5, 0.6) is 5.75 Å². The molecule has 0 atom stereocenters. The van der Waals surface area contributed by atoms with E-state index in [-0.39, 0.29) is 6.61 Å². The maximum Gasteiger partial charge on any atom is 0.142 e. The van der Waals surface area contributed by atoms with Crippen molar-refractivity contribution in [2.75, 3.05) is 5.73 Å². The van der Waals surface area contributed by atoms with Crippen LogP contribution in [0.4, 0.5) is 5.69 Å². The van der Waals surface area contributed by atoms with Gasteiger partial charge in [0, 0.05) is 6.54 Å². The molecule has 5 nitrogen and oxygen atoms in total. The highest BCUT2D eigenvalue weighted by Crippen LogP contribution is 2.26. The summed E-state index contributed by atoms with van der Waals surface area (Å²) in [5, 5.41) is 13.7. The lowest BCUT2D eigenvalue weighted by Gasteiger charge is -2.10. The van der Waals surface area contributed by atoms with Crippen molar-refractivity contribution in [3.8, 4) is 11.8 Å². The molecule has 0 aliphatic heterocycles. The highest BCUT2D eigenvalue weighted by molar-refractivity contribution is 6.31. The van der Waals surface area contributed by atoms with Crippen LogP contribution in [0.3, 0.4) is 0 Å². The number of aromatic nitrogens is 2. The third kappa shape index (κ3) is 2.70. The molecule has 0 amide bonds. The Morgan fingerprint density at radius 1 is 1.50 bits per heavy atom. The molecular weight excluding hydrogens is 276 g/mol. The molecule has 6 heteroatoms. The molecule has 0 aliphatic carbocycles. The summed E-state index contributed by atoms with van der Waals surface area (Å²) in [6.07, 6.45) is 0. The average Bonchev–Trinajstić information content (AvgIpc) is 2.73. The minimum Gasteiger partial charge on any atom is -0.485 e. The second-order valence-electron chi connectivity index (χ2n) is 4.31. The molecule has 2 N–H and O–H groups in total. The van der Waals surface area contributed by atoms with Crippen molar-refractivity contribution in [1.29, 1.82) is 5.26 Å². The van der Waals surface area contributed by atoms with Gasteiger partial charge in [0.1, 0.15) is 12.4 Å². The van der Waals surface area contributed by atoms with Crippen molar-refractivity contribution < 1.29 is 4.74 Å². The summed E-state index contributed by atoms with van der Waals surface area (Å²) in [5.41, 5.74) is 8.37. The molecule has 0 saturated heterocycles. The quantitative estimate of drug-likeness (QED) is 0.878. The number of benzene rings is 1. The van der Waals surface area contributed by atoms with Gasteiger partial charge in [-0.05, 0) is 32.0 Å². The third-order valence-corrected chi connectivity index (χ3v) is 3.45. The average molecular weight is 291 g/mol. The number of anilines is 1. The minimum atomic E-state index is 0.281. The van der Waals surface area contributed by atoms with E-state index in [0.717, 1.165) is 17.9 Å². The molecular formula is C14H15ClN4O. The van der Waals surface area contributed by atoms with Gasteiger partial charge in [0.15, 0.2) is 0 Å². The first-order chi connectivity index (χ1) is 9.56. The van der Waals surface area contributed by atoms with Crippen LogP contribution in [-0.4, -0.2) is 9.78 Å². The second-order valence-corrected chi connectivity index (χ2v) is 4.69. The minimum absolute atomic E-state index is 0.281. The molecule has 0 aliphatic rings. The van der Waals surface area contributed by atoms with Crippen LogP contribution in [0.2, 0.25) is 5.02 Å². The van der Waals surface area contributed by atoms with E-state index in [1.807, 2.05) is 19.9 Å². The predicted molar refractivity (Wildman–Crippen MR) is 77.5 cm³/mol. The Kier molecular flexibility index (Phi) is 4.16. The molecule has 0 fully saturated rings. The normalized spacial score (nSPS) is 10.3. The van der Waals surface area contributed by atoms with E-state index < -0.39 is 0 Å². The van der Waals surface area contributed by atoms with Crippen LogP contribution in [0.15, 0.2) is 18.2 Å². The summed E-state index contributed by atoms with van der Waals surface area (Å²) in [6.45, 7) is 4.84. The molecule has 0 radical (unpaired) electrons. The van der Waals surface area contributed by atoms with Gasteiger partial charge in [-0.25, -0.2) is 0 Å². The molecule has 104 valence electrons. The van der Waals surface area contributed by atoms with Crippen molar-refractivity contribution in [3.05, 3.63) is 40.2 Å². The highest BCUT2D eigenvalue weighted by Gasteiger charge is 2.13. The van der Waals surface area contributed by atoms with E-state index in [1.54, 1.807) is 22.9 Å². The smallest absolute Gasteiger partial charge is 0.142 e. The molecule has 0 saturated carbocycles. The first-order valence-corrected chi connectivity index (χ1v) is 6.58. The summed E-state index contributed by atoms with van der Waals surface area (Å²) < 4.78 is 7.48. The second kappa shape index (κ2) is 5.85. The molecule has 2 rings (SSSR count). The van der Waals surface area contributed by atoms with Crippen LogP contribution >= 0.6 is 11.6 Å². The maximum absolute atomic E-state index is 8.79. The number of halogens is 1. The Bertz CT molecular complexity index is 673. The monoisotopic (exact) mass is 290 g/mol.